The maximum Gasteiger partial charge on any atom is 0.262 e. The molecule has 22 heavy (non-hydrogen) atoms. The first-order valence-electron chi connectivity index (χ1n) is 6.29. The molecule has 0 saturated heterocycles. The number of benzene rings is 2. The van der Waals surface area contributed by atoms with Crippen LogP contribution in [0.25, 0.3) is 5.69 Å². The zero-order valence-electron chi connectivity index (χ0n) is 11.2. The van der Waals surface area contributed by atoms with E-state index in [2.05, 4.69) is 14.8 Å². The maximum absolute atomic E-state index is 12.5. The summed E-state index contributed by atoms with van der Waals surface area (Å²) >= 11 is 5.85. The summed E-state index contributed by atoms with van der Waals surface area (Å²) in [7, 11) is -3.75. The Labute approximate surface area is 132 Å². The van der Waals surface area contributed by atoms with Gasteiger partial charge in [-0.1, -0.05) is 29.8 Å². The summed E-state index contributed by atoms with van der Waals surface area (Å²) in [6, 6.07) is 13.0. The molecule has 0 aliphatic heterocycles. The van der Waals surface area contributed by atoms with Crippen molar-refractivity contribution < 1.29 is 8.42 Å². The van der Waals surface area contributed by atoms with Crippen molar-refractivity contribution in [2.75, 3.05) is 4.72 Å². The van der Waals surface area contributed by atoms with Gasteiger partial charge in [-0.15, -0.1) is 0 Å². The molecule has 0 aliphatic rings. The van der Waals surface area contributed by atoms with Crippen molar-refractivity contribution in [3.8, 4) is 5.69 Å². The second-order valence-electron chi connectivity index (χ2n) is 4.42. The van der Waals surface area contributed by atoms with Crippen LogP contribution in [0.5, 0.6) is 0 Å². The van der Waals surface area contributed by atoms with E-state index in [0.717, 1.165) is 0 Å². The van der Waals surface area contributed by atoms with Crippen LogP contribution in [0.3, 0.4) is 0 Å². The second-order valence-corrected chi connectivity index (χ2v) is 6.54. The van der Waals surface area contributed by atoms with Crippen LogP contribution in [-0.2, 0) is 10.0 Å². The molecule has 0 spiro atoms. The van der Waals surface area contributed by atoms with Crippen LogP contribution >= 0.6 is 11.6 Å². The number of nitrogens with zero attached hydrogens (tertiary/aromatic N) is 3. The van der Waals surface area contributed by atoms with Gasteiger partial charge in [-0.2, -0.15) is 5.10 Å². The summed E-state index contributed by atoms with van der Waals surface area (Å²) in [5, 5.41) is 4.37. The number of hydrogen-bond donors (Lipinski definition) is 1. The molecule has 0 bridgehead atoms. The zero-order valence-corrected chi connectivity index (χ0v) is 12.8. The van der Waals surface area contributed by atoms with Gasteiger partial charge in [0, 0.05) is 5.02 Å². The standard InChI is InChI=1S/C14H11ClN4O2S/c15-11-4-3-5-12(8-11)22(20,21)18-13-6-1-2-7-14(13)19-10-16-9-17-19/h1-10,18H. The summed E-state index contributed by atoms with van der Waals surface area (Å²) in [4.78, 5) is 3.95. The summed E-state index contributed by atoms with van der Waals surface area (Å²) in [6.45, 7) is 0. The lowest BCUT2D eigenvalue weighted by atomic mass is 10.3. The minimum Gasteiger partial charge on any atom is -0.277 e. The van der Waals surface area contributed by atoms with Crippen molar-refractivity contribution >= 4 is 27.3 Å². The molecule has 0 fully saturated rings. The highest BCUT2D eigenvalue weighted by Crippen LogP contribution is 2.23. The molecule has 1 aromatic heterocycles. The lowest BCUT2D eigenvalue weighted by Crippen LogP contribution is -2.14. The topological polar surface area (TPSA) is 76.9 Å². The maximum atomic E-state index is 12.5. The summed E-state index contributed by atoms with van der Waals surface area (Å²) < 4.78 is 28.9. The van der Waals surface area contributed by atoms with Crippen molar-refractivity contribution in [2.45, 2.75) is 4.90 Å². The number of para-hydroxylation sites is 2. The number of sulfonamides is 1. The Morgan fingerprint density at radius 1 is 1.09 bits per heavy atom. The van der Waals surface area contributed by atoms with Gasteiger partial charge in [0.15, 0.2) is 0 Å². The molecule has 112 valence electrons. The van der Waals surface area contributed by atoms with Gasteiger partial charge >= 0.3 is 0 Å². The van der Waals surface area contributed by atoms with Gasteiger partial charge in [0.1, 0.15) is 12.7 Å². The minimum atomic E-state index is -3.75. The SMILES string of the molecule is O=S(=O)(Nc1ccccc1-n1cncn1)c1cccc(Cl)c1. The third kappa shape index (κ3) is 2.95. The first-order chi connectivity index (χ1) is 10.6. The van der Waals surface area contributed by atoms with E-state index in [9.17, 15) is 8.42 Å². The smallest absolute Gasteiger partial charge is 0.262 e. The van der Waals surface area contributed by atoms with E-state index in [-0.39, 0.29) is 4.90 Å². The minimum absolute atomic E-state index is 0.0911. The Balaban J connectivity index is 2.00. The fraction of sp³-hybridized carbons (Fsp3) is 0. The number of anilines is 1. The highest BCUT2D eigenvalue weighted by Gasteiger charge is 2.17. The van der Waals surface area contributed by atoms with Crippen molar-refractivity contribution in [3.63, 3.8) is 0 Å². The highest BCUT2D eigenvalue weighted by atomic mass is 35.5. The van der Waals surface area contributed by atoms with E-state index in [1.54, 1.807) is 36.4 Å². The van der Waals surface area contributed by atoms with Crippen LogP contribution in [0, 0.1) is 0 Å². The predicted octanol–water partition coefficient (Wildman–Crippen LogP) is 2.72. The van der Waals surface area contributed by atoms with Crippen molar-refractivity contribution in [1.29, 1.82) is 0 Å². The predicted molar refractivity (Wildman–Crippen MR) is 83.6 cm³/mol. The molecule has 0 atom stereocenters. The molecule has 6 nitrogen and oxygen atoms in total. The van der Waals surface area contributed by atoms with Gasteiger partial charge in [0.25, 0.3) is 10.0 Å². The average Bonchev–Trinajstić information content (AvgIpc) is 3.01. The molecular weight excluding hydrogens is 324 g/mol. The highest BCUT2D eigenvalue weighted by molar-refractivity contribution is 7.92. The Hall–Kier alpha value is -2.38. The van der Waals surface area contributed by atoms with Crippen LogP contribution in [0.4, 0.5) is 5.69 Å². The number of nitrogens with one attached hydrogen (secondary N) is 1. The summed E-state index contributed by atoms with van der Waals surface area (Å²) in [5.41, 5.74) is 0.971. The second kappa shape index (κ2) is 5.78. The van der Waals surface area contributed by atoms with Crippen molar-refractivity contribution in [3.05, 3.63) is 66.2 Å². The Kier molecular flexibility index (Phi) is 3.82. The molecule has 0 saturated carbocycles. The van der Waals surface area contributed by atoms with E-state index in [1.165, 1.54) is 29.5 Å². The summed E-state index contributed by atoms with van der Waals surface area (Å²) in [5.74, 6) is 0. The molecule has 0 radical (unpaired) electrons. The first kappa shape index (κ1) is 14.6. The third-order valence-corrected chi connectivity index (χ3v) is 4.52. The van der Waals surface area contributed by atoms with E-state index in [1.807, 2.05) is 0 Å². The fourth-order valence-electron chi connectivity index (χ4n) is 1.93. The molecule has 3 aromatic rings. The van der Waals surface area contributed by atoms with Crippen LogP contribution in [-0.4, -0.2) is 23.2 Å². The van der Waals surface area contributed by atoms with E-state index in [4.69, 9.17) is 11.6 Å². The Morgan fingerprint density at radius 3 is 2.64 bits per heavy atom. The number of rotatable bonds is 4. The first-order valence-corrected chi connectivity index (χ1v) is 8.15. The monoisotopic (exact) mass is 334 g/mol. The largest absolute Gasteiger partial charge is 0.277 e. The van der Waals surface area contributed by atoms with E-state index < -0.39 is 10.0 Å². The molecule has 3 rings (SSSR count). The molecular formula is C14H11ClN4O2S. The van der Waals surface area contributed by atoms with Gasteiger partial charge in [0.2, 0.25) is 0 Å². The molecule has 0 amide bonds. The van der Waals surface area contributed by atoms with Crippen molar-refractivity contribution in [2.24, 2.45) is 0 Å². The number of hydrogen-bond acceptors (Lipinski definition) is 4. The van der Waals surface area contributed by atoms with Gasteiger partial charge in [-0.3, -0.25) is 4.72 Å². The van der Waals surface area contributed by atoms with E-state index in [0.29, 0.717) is 16.4 Å². The zero-order chi connectivity index (χ0) is 15.6. The number of halogens is 1. The quantitative estimate of drug-likeness (QED) is 0.795. The molecule has 0 unspecified atom stereocenters. The van der Waals surface area contributed by atoms with E-state index >= 15 is 0 Å². The third-order valence-electron chi connectivity index (χ3n) is 2.92. The summed E-state index contributed by atoms with van der Waals surface area (Å²) in [6.07, 6.45) is 2.87. The normalized spacial score (nSPS) is 11.3. The van der Waals surface area contributed by atoms with Crippen LogP contribution in [0.1, 0.15) is 0 Å². The van der Waals surface area contributed by atoms with Gasteiger partial charge in [0.05, 0.1) is 16.3 Å². The molecule has 1 N–H and O–H groups in total. The molecule has 2 aromatic carbocycles. The molecule has 1 heterocycles. The number of aromatic nitrogens is 3. The van der Waals surface area contributed by atoms with Gasteiger partial charge in [-0.05, 0) is 30.3 Å². The van der Waals surface area contributed by atoms with Crippen LogP contribution in [0.2, 0.25) is 5.02 Å². The van der Waals surface area contributed by atoms with Crippen LogP contribution in [0.15, 0.2) is 66.1 Å². The Bertz CT molecular complexity index is 895. The van der Waals surface area contributed by atoms with Crippen molar-refractivity contribution in [1.82, 2.24) is 14.8 Å². The van der Waals surface area contributed by atoms with Gasteiger partial charge < -0.3 is 0 Å². The molecule has 8 heteroatoms. The fourth-order valence-corrected chi connectivity index (χ4v) is 3.30. The molecule has 0 aliphatic carbocycles. The van der Waals surface area contributed by atoms with Crippen LogP contribution < -0.4 is 4.72 Å². The average molecular weight is 335 g/mol. The Morgan fingerprint density at radius 2 is 1.91 bits per heavy atom. The lowest BCUT2D eigenvalue weighted by Gasteiger charge is -2.12. The lowest BCUT2D eigenvalue weighted by molar-refractivity contribution is 0.601. The van der Waals surface area contributed by atoms with Gasteiger partial charge in [-0.25, -0.2) is 18.1 Å².